The third-order valence-corrected chi connectivity index (χ3v) is 4.41. The van der Waals surface area contributed by atoms with Gasteiger partial charge in [-0.3, -0.25) is 4.79 Å². The molecule has 3 N–H and O–H groups in total. The van der Waals surface area contributed by atoms with Crippen molar-refractivity contribution in [3.63, 3.8) is 0 Å². The number of carbonyl (C=O) groups is 1. The van der Waals surface area contributed by atoms with Crippen molar-refractivity contribution >= 4 is 17.7 Å². The second-order valence-electron chi connectivity index (χ2n) is 4.94. The number of hydrogen-bond acceptors (Lipinski definition) is 5. The molecule has 0 aromatic carbocycles. The van der Waals surface area contributed by atoms with E-state index in [2.05, 4.69) is 10.2 Å². The Kier molecular flexibility index (Phi) is 5.07. The molecule has 1 heterocycles. The number of hydrogen-bond donors (Lipinski definition) is 2. The lowest BCUT2D eigenvalue weighted by Crippen LogP contribution is -2.18. The van der Waals surface area contributed by atoms with Crippen LogP contribution < -0.4 is 5.84 Å². The second-order valence-corrected chi connectivity index (χ2v) is 5.88. The molecule has 106 valence electrons. The zero-order valence-electron chi connectivity index (χ0n) is 10.9. The van der Waals surface area contributed by atoms with Crippen LogP contribution in [0.4, 0.5) is 0 Å². The molecule has 7 heteroatoms. The number of nitrogen functional groups attached to an aromatic ring is 1. The Morgan fingerprint density at radius 2 is 1.89 bits per heavy atom. The van der Waals surface area contributed by atoms with Crippen LogP contribution in [0.25, 0.3) is 0 Å². The van der Waals surface area contributed by atoms with Crippen molar-refractivity contribution in [3.8, 4) is 0 Å². The molecule has 1 aromatic rings. The Hall–Kier alpha value is -1.24. The van der Waals surface area contributed by atoms with Gasteiger partial charge in [-0.05, 0) is 12.8 Å². The molecule has 1 fully saturated rings. The van der Waals surface area contributed by atoms with E-state index in [9.17, 15) is 4.79 Å². The molecule has 0 radical (unpaired) electrons. The highest BCUT2D eigenvalue weighted by atomic mass is 32.2. The average Bonchev–Trinajstić information content (AvgIpc) is 2.68. The zero-order chi connectivity index (χ0) is 13.7. The molecule has 1 aromatic heterocycles. The predicted molar refractivity (Wildman–Crippen MR) is 73.6 cm³/mol. The summed E-state index contributed by atoms with van der Waals surface area (Å²) in [6.45, 7) is 0. The van der Waals surface area contributed by atoms with Crippen molar-refractivity contribution in [1.29, 1.82) is 0 Å². The summed E-state index contributed by atoms with van der Waals surface area (Å²) >= 11 is 1.11. The van der Waals surface area contributed by atoms with Gasteiger partial charge < -0.3 is 10.9 Å². The SMILES string of the molecule is Nn1c(SCC(=O)O)nnc1C1CCCCCCC1. The van der Waals surface area contributed by atoms with Crippen molar-refractivity contribution in [1.82, 2.24) is 14.9 Å². The van der Waals surface area contributed by atoms with Crippen LogP contribution >= 0.6 is 11.8 Å². The summed E-state index contributed by atoms with van der Waals surface area (Å²) in [4.78, 5) is 10.6. The minimum Gasteiger partial charge on any atom is -0.481 e. The van der Waals surface area contributed by atoms with Gasteiger partial charge in [0, 0.05) is 5.92 Å². The number of carboxylic acids is 1. The van der Waals surface area contributed by atoms with Gasteiger partial charge in [0.05, 0.1) is 5.75 Å². The first-order valence-electron chi connectivity index (χ1n) is 6.73. The van der Waals surface area contributed by atoms with Gasteiger partial charge in [0.2, 0.25) is 5.16 Å². The van der Waals surface area contributed by atoms with Gasteiger partial charge in [-0.15, -0.1) is 10.2 Å². The lowest BCUT2D eigenvalue weighted by atomic mass is 9.91. The van der Waals surface area contributed by atoms with Gasteiger partial charge in [0.15, 0.2) is 5.82 Å². The summed E-state index contributed by atoms with van der Waals surface area (Å²) in [5.74, 6) is 6.23. The molecule has 19 heavy (non-hydrogen) atoms. The maximum absolute atomic E-state index is 10.6. The van der Waals surface area contributed by atoms with E-state index in [0.717, 1.165) is 30.4 Å². The molecule has 0 spiro atoms. The van der Waals surface area contributed by atoms with Crippen molar-refractivity contribution in [2.24, 2.45) is 0 Å². The molecule has 0 amide bonds. The van der Waals surface area contributed by atoms with Crippen LogP contribution in [0.2, 0.25) is 0 Å². The van der Waals surface area contributed by atoms with Gasteiger partial charge in [0.25, 0.3) is 0 Å². The maximum Gasteiger partial charge on any atom is 0.313 e. The highest BCUT2D eigenvalue weighted by molar-refractivity contribution is 7.99. The highest BCUT2D eigenvalue weighted by Crippen LogP contribution is 2.30. The van der Waals surface area contributed by atoms with E-state index in [1.165, 1.54) is 36.8 Å². The smallest absolute Gasteiger partial charge is 0.313 e. The van der Waals surface area contributed by atoms with E-state index < -0.39 is 5.97 Å². The summed E-state index contributed by atoms with van der Waals surface area (Å²) in [6.07, 6.45) is 8.47. The molecule has 0 unspecified atom stereocenters. The largest absolute Gasteiger partial charge is 0.481 e. The minimum atomic E-state index is -0.875. The first-order valence-corrected chi connectivity index (χ1v) is 7.72. The van der Waals surface area contributed by atoms with Crippen LogP contribution in [-0.2, 0) is 4.79 Å². The lowest BCUT2D eigenvalue weighted by molar-refractivity contribution is -0.133. The Morgan fingerprint density at radius 3 is 2.53 bits per heavy atom. The number of thioether (sulfide) groups is 1. The van der Waals surface area contributed by atoms with Crippen LogP contribution in [0.1, 0.15) is 56.7 Å². The van der Waals surface area contributed by atoms with Crippen molar-refractivity contribution in [2.45, 2.75) is 56.0 Å². The fourth-order valence-electron chi connectivity index (χ4n) is 2.51. The molecule has 1 aliphatic carbocycles. The quantitative estimate of drug-likeness (QED) is 0.648. The van der Waals surface area contributed by atoms with Gasteiger partial charge in [-0.2, -0.15) is 0 Å². The Balaban J connectivity index is 2.04. The molecule has 6 nitrogen and oxygen atoms in total. The fourth-order valence-corrected chi connectivity index (χ4v) is 3.09. The summed E-state index contributed by atoms with van der Waals surface area (Å²) in [6, 6.07) is 0. The Bertz CT molecular complexity index is 427. The third kappa shape index (κ3) is 3.86. The summed E-state index contributed by atoms with van der Waals surface area (Å²) < 4.78 is 1.47. The van der Waals surface area contributed by atoms with Crippen LogP contribution in [0.3, 0.4) is 0 Å². The van der Waals surface area contributed by atoms with Gasteiger partial charge in [0.1, 0.15) is 0 Å². The summed E-state index contributed by atoms with van der Waals surface area (Å²) in [5.41, 5.74) is 0. The average molecular weight is 284 g/mol. The normalized spacial score (nSPS) is 17.9. The molecule has 1 saturated carbocycles. The van der Waals surface area contributed by atoms with Crippen LogP contribution in [0.15, 0.2) is 5.16 Å². The molecule has 0 atom stereocenters. The molecule has 0 aliphatic heterocycles. The fraction of sp³-hybridized carbons (Fsp3) is 0.750. The number of aliphatic carboxylic acids is 1. The van der Waals surface area contributed by atoms with E-state index in [4.69, 9.17) is 10.9 Å². The number of rotatable bonds is 4. The minimum absolute atomic E-state index is 0.0417. The topological polar surface area (TPSA) is 94.0 Å². The third-order valence-electron chi connectivity index (χ3n) is 3.49. The van der Waals surface area contributed by atoms with E-state index >= 15 is 0 Å². The van der Waals surface area contributed by atoms with E-state index in [-0.39, 0.29) is 5.75 Å². The van der Waals surface area contributed by atoms with Crippen LogP contribution in [-0.4, -0.2) is 31.7 Å². The predicted octanol–water partition coefficient (Wildman–Crippen LogP) is 2.00. The molecule has 0 bridgehead atoms. The second kappa shape index (κ2) is 6.79. The van der Waals surface area contributed by atoms with Crippen LogP contribution in [0, 0.1) is 0 Å². The standard InChI is InChI=1S/C12H20N4O2S/c13-16-11(9-6-4-2-1-3-5-7-9)14-15-12(16)19-8-10(17)18/h9H,1-8,13H2,(H,17,18). The highest BCUT2D eigenvalue weighted by Gasteiger charge is 2.21. The molecular formula is C12H20N4O2S. The summed E-state index contributed by atoms with van der Waals surface area (Å²) in [7, 11) is 0. The molecule has 0 saturated heterocycles. The van der Waals surface area contributed by atoms with Gasteiger partial charge >= 0.3 is 5.97 Å². The first-order chi connectivity index (χ1) is 9.18. The van der Waals surface area contributed by atoms with Gasteiger partial charge in [-0.25, -0.2) is 4.68 Å². The Labute approximate surface area is 116 Å². The zero-order valence-corrected chi connectivity index (χ0v) is 11.7. The number of nitrogens with two attached hydrogens (primary N) is 1. The maximum atomic E-state index is 10.6. The monoisotopic (exact) mass is 284 g/mol. The van der Waals surface area contributed by atoms with E-state index in [1.807, 2.05) is 0 Å². The first kappa shape index (κ1) is 14.2. The molecule has 2 rings (SSSR count). The van der Waals surface area contributed by atoms with Crippen molar-refractivity contribution < 1.29 is 9.90 Å². The number of nitrogens with zero attached hydrogens (tertiary/aromatic N) is 3. The van der Waals surface area contributed by atoms with E-state index in [1.54, 1.807) is 0 Å². The molecular weight excluding hydrogens is 264 g/mol. The number of aromatic nitrogens is 3. The van der Waals surface area contributed by atoms with Crippen LogP contribution in [0.5, 0.6) is 0 Å². The van der Waals surface area contributed by atoms with Crippen molar-refractivity contribution in [2.75, 3.05) is 11.6 Å². The van der Waals surface area contributed by atoms with Gasteiger partial charge in [-0.1, -0.05) is 43.9 Å². The van der Waals surface area contributed by atoms with E-state index in [0.29, 0.717) is 11.1 Å². The number of carboxylic acid groups (broad SMARTS) is 1. The summed E-state index contributed by atoms with van der Waals surface area (Å²) in [5, 5.41) is 17.3. The lowest BCUT2D eigenvalue weighted by Gasteiger charge is -2.18. The Morgan fingerprint density at radius 1 is 1.26 bits per heavy atom. The molecule has 1 aliphatic rings. The van der Waals surface area contributed by atoms with Crippen molar-refractivity contribution in [3.05, 3.63) is 5.82 Å².